The minimum Gasteiger partial charge on any atom is -0.373 e. The molecule has 2 aliphatic rings. The first-order valence-electron chi connectivity index (χ1n) is 8.66. The summed E-state index contributed by atoms with van der Waals surface area (Å²) in [7, 11) is 0. The van der Waals surface area contributed by atoms with E-state index in [9.17, 15) is 4.79 Å². The second kappa shape index (κ2) is 6.72. The van der Waals surface area contributed by atoms with E-state index < -0.39 is 0 Å². The lowest BCUT2D eigenvalue weighted by atomic mass is 9.87. The molecule has 0 aromatic carbocycles. The third-order valence-electron chi connectivity index (χ3n) is 5.13. The lowest BCUT2D eigenvalue weighted by Crippen LogP contribution is -2.46. The van der Waals surface area contributed by atoms with Crippen molar-refractivity contribution in [2.45, 2.75) is 37.8 Å². The molecule has 1 amide bonds. The lowest BCUT2D eigenvalue weighted by Gasteiger charge is -2.38. The smallest absolute Gasteiger partial charge is 0.264 e. The molecule has 1 N–H and O–H groups in total. The number of ether oxygens (including phenoxy) is 1. The molecule has 2 aliphatic heterocycles. The van der Waals surface area contributed by atoms with Crippen LogP contribution in [0.25, 0.3) is 0 Å². The monoisotopic (exact) mass is 358 g/mol. The van der Waals surface area contributed by atoms with Crippen molar-refractivity contribution in [3.8, 4) is 0 Å². The number of carbonyl (C=O) groups is 1. The van der Waals surface area contributed by atoms with Crippen molar-refractivity contribution < 1.29 is 9.53 Å². The van der Waals surface area contributed by atoms with Gasteiger partial charge in [-0.05, 0) is 49.3 Å². The molecule has 25 heavy (non-hydrogen) atoms. The fourth-order valence-electron chi connectivity index (χ4n) is 3.69. The molecule has 2 aromatic heterocycles. The summed E-state index contributed by atoms with van der Waals surface area (Å²) in [6.07, 6.45) is 6.18. The number of hydrogen-bond acceptors (Lipinski definition) is 6. The second-order valence-electron chi connectivity index (χ2n) is 6.84. The molecule has 0 saturated carbocycles. The Hall–Kier alpha value is -1.99. The Kier molecular flexibility index (Phi) is 4.43. The number of thiophene rings is 1. The van der Waals surface area contributed by atoms with E-state index in [0.717, 1.165) is 42.8 Å². The molecule has 1 atom stereocenters. The quantitative estimate of drug-likeness (QED) is 0.914. The standard InChI is InChI=1S/C18H22N4O2S/c1-13-3-10-25-15(13)16(23)22-8-4-18(5-9-22)11-14(12-24-18)21-17-19-6-2-7-20-17/h2-3,6-7,10,14H,4-5,8-9,11-12H2,1H3,(H,19,20,21)/t14-/m0/s1. The predicted octanol–water partition coefficient (Wildman–Crippen LogP) is 2.72. The highest BCUT2D eigenvalue weighted by molar-refractivity contribution is 7.12. The molecule has 2 saturated heterocycles. The largest absolute Gasteiger partial charge is 0.373 e. The summed E-state index contributed by atoms with van der Waals surface area (Å²) >= 11 is 1.53. The minimum atomic E-state index is -0.117. The van der Waals surface area contributed by atoms with Crippen molar-refractivity contribution in [2.75, 3.05) is 25.0 Å². The van der Waals surface area contributed by atoms with Crippen LogP contribution < -0.4 is 5.32 Å². The van der Waals surface area contributed by atoms with Gasteiger partial charge in [-0.15, -0.1) is 11.3 Å². The zero-order valence-electron chi connectivity index (χ0n) is 14.3. The molecule has 0 bridgehead atoms. The van der Waals surface area contributed by atoms with E-state index in [0.29, 0.717) is 12.6 Å². The van der Waals surface area contributed by atoms with Gasteiger partial charge in [-0.1, -0.05) is 0 Å². The number of nitrogens with zero attached hydrogens (tertiary/aromatic N) is 3. The predicted molar refractivity (Wildman–Crippen MR) is 96.9 cm³/mol. The number of aromatic nitrogens is 2. The number of nitrogens with one attached hydrogen (secondary N) is 1. The summed E-state index contributed by atoms with van der Waals surface area (Å²) in [6, 6.07) is 4.04. The Morgan fingerprint density at radius 1 is 1.36 bits per heavy atom. The van der Waals surface area contributed by atoms with Gasteiger partial charge in [0.25, 0.3) is 5.91 Å². The van der Waals surface area contributed by atoms with Gasteiger partial charge in [0.05, 0.1) is 23.1 Å². The molecule has 0 aliphatic carbocycles. The van der Waals surface area contributed by atoms with Gasteiger partial charge in [-0.3, -0.25) is 4.79 Å². The Morgan fingerprint density at radius 2 is 2.12 bits per heavy atom. The van der Waals surface area contributed by atoms with E-state index in [4.69, 9.17) is 4.74 Å². The highest BCUT2D eigenvalue weighted by Gasteiger charge is 2.43. The van der Waals surface area contributed by atoms with Crippen LogP contribution in [0, 0.1) is 6.92 Å². The molecule has 2 aromatic rings. The number of rotatable bonds is 3. The molecule has 2 fully saturated rings. The van der Waals surface area contributed by atoms with Crippen molar-refractivity contribution in [2.24, 2.45) is 0 Å². The average Bonchev–Trinajstić information content (AvgIpc) is 3.23. The van der Waals surface area contributed by atoms with Crippen LogP contribution in [-0.2, 0) is 4.74 Å². The lowest BCUT2D eigenvalue weighted by molar-refractivity contribution is -0.0387. The summed E-state index contributed by atoms with van der Waals surface area (Å²) in [5.74, 6) is 0.807. The molecule has 7 heteroatoms. The van der Waals surface area contributed by atoms with Crippen LogP contribution in [0.1, 0.15) is 34.5 Å². The van der Waals surface area contributed by atoms with E-state index in [1.54, 1.807) is 18.5 Å². The Balaban J connectivity index is 1.34. The first kappa shape index (κ1) is 16.5. The van der Waals surface area contributed by atoms with Gasteiger partial charge in [-0.2, -0.15) is 0 Å². The van der Waals surface area contributed by atoms with E-state index in [1.807, 2.05) is 23.3 Å². The van der Waals surface area contributed by atoms with Crippen LogP contribution in [0.5, 0.6) is 0 Å². The number of likely N-dealkylation sites (tertiary alicyclic amines) is 1. The fourth-order valence-corrected chi connectivity index (χ4v) is 4.59. The molecule has 132 valence electrons. The van der Waals surface area contributed by atoms with Crippen molar-refractivity contribution in [3.63, 3.8) is 0 Å². The summed E-state index contributed by atoms with van der Waals surface area (Å²) in [5.41, 5.74) is 0.952. The number of anilines is 1. The van der Waals surface area contributed by atoms with Gasteiger partial charge in [0.15, 0.2) is 0 Å². The highest BCUT2D eigenvalue weighted by Crippen LogP contribution is 2.37. The maximum Gasteiger partial charge on any atom is 0.264 e. The zero-order valence-corrected chi connectivity index (χ0v) is 15.1. The van der Waals surface area contributed by atoms with Gasteiger partial charge in [0, 0.05) is 25.5 Å². The first-order chi connectivity index (χ1) is 12.2. The fraction of sp³-hybridized carbons (Fsp3) is 0.500. The molecule has 6 nitrogen and oxygen atoms in total. The van der Waals surface area contributed by atoms with Crippen molar-refractivity contribution in [1.82, 2.24) is 14.9 Å². The molecule has 0 radical (unpaired) electrons. The van der Waals surface area contributed by atoms with Crippen LogP contribution in [0.15, 0.2) is 29.9 Å². The number of aryl methyl sites for hydroxylation is 1. The third-order valence-corrected chi connectivity index (χ3v) is 6.13. The Bertz CT molecular complexity index is 741. The van der Waals surface area contributed by atoms with Gasteiger partial charge >= 0.3 is 0 Å². The summed E-state index contributed by atoms with van der Waals surface area (Å²) in [6.45, 7) is 4.17. The van der Waals surface area contributed by atoms with Gasteiger partial charge in [0.1, 0.15) is 0 Å². The first-order valence-corrected chi connectivity index (χ1v) is 9.54. The SMILES string of the molecule is Cc1ccsc1C(=O)N1CCC2(CC1)C[C@H](Nc1ncccn1)CO2. The van der Waals surface area contributed by atoms with Crippen molar-refractivity contribution >= 4 is 23.2 Å². The van der Waals surface area contributed by atoms with Crippen LogP contribution in [0.4, 0.5) is 5.95 Å². The maximum atomic E-state index is 12.7. The van der Waals surface area contributed by atoms with E-state index in [-0.39, 0.29) is 17.6 Å². The second-order valence-corrected chi connectivity index (χ2v) is 7.75. The molecule has 1 spiro atoms. The molecule has 0 unspecified atom stereocenters. The van der Waals surface area contributed by atoms with Crippen LogP contribution in [0.2, 0.25) is 0 Å². The Morgan fingerprint density at radius 3 is 2.80 bits per heavy atom. The molecule has 4 rings (SSSR count). The van der Waals surface area contributed by atoms with Crippen LogP contribution in [-0.4, -0.2) is 52.1 Å². The van der Waals surface area contributed by atoms with E-state index in [1.165, 1.54) is 11.3 Å². The topological polar surface area (TPSA) is 67.4 Å². The van der Waals surface area contributed by atoms with Crippen molar-refractivity contribution in [1.29, 1.82) is 0 Å². The molecule has 4 heterocycles. The van der Waals surface area contributed by atoms with Crippen LogP contribution >= 0.6 is 11.3 Å². The highest BCUT2D eigenvalue weighted by atomic mass is 32.1. The normalized spacial score (nSPS) is 22.3. The average molecular weight is 358 g/mol. The number of piperidine rings is 1. The molecular weight excluding hydrogens is 336 g/mol. The summed E-state index contributed by atoms with van der Waals surface area (Å²) in [4.78, 5) is 23.9. The maximum absolute atomic E-state index is 12.7. The van der Waals surface area contributed by atoms with Gasteiger partial charge < -0.3 is 15.0 Å². The van der Waals surface area contributed by atoms with E-state index in [2.05, 4.69) is 15.3 Å². The minimum absolute atomic E-state index is 0.117. The number of amides is 1. The summed E-state index contributed by atoms with van der Waals surface area (Å²) < 4.78 is 6.16. The Labute approximate surface area is 151 Å². The van der Waals surface area contributed by atoms with Crippen LogP contribution in [0.3, 0.4) is 0 Å². The number of carbonyl (C=O) groups excluding carboxylic acids is 1. The van der Waals surface area contributed by atoms with Crippen molar-refractivity contribution in [3.05, 3.63) is 40.3 Å². The zero-order chi connectivity index (χ0) is 17.3. The molecular formula is C18H22N4O2S. The number of hydrogen-bond donors (Lipinski definition) is 1. The van der Waals surface area contributed by atoms with Gasteiger partial charge in [-0.25, -0.2) is 9.97 Å². The third kappa shape index (κ3) is 3.39. The van der Waals surface area contributed by atoms with E-state index >= 15 is 0 Å². The van der Waals surface area contributed by atoms with Gasteiger partial charge in [0.2, 0.25) is 5.95 Å². The summed E-state index contributed by atoms with van der Waals surface area (Å²) in [5, 5.41) is 5.33.